The smallest absolute Gasteiger partial charge is 0.144 e. The molecule has 14 rings (SSSR count). The summed E-state index contributed by atoms with van der Waals surface area (Å²) in [4.78, 5) is 0. The summed E-state index contributed by atoms with van der Waals surface area (Å²) in [6, 6.07) is 59.4. The maximum Gasteiger partial charge on any atom is 0.144 e. The van der Waals surface area contributed by atoms with Crippen LogP contribution in [0.3, 0.4) is 0 Å². The van der Waals surface area contributed by atoms with Crippen LogP contribution >= 0.6 is 0 Å². The summed E-state index contributed by atoms with van der Waals surface area (Å²) in [6.45, 7) is 21.4. The molecule has 0 radical (unpaired) electrons. The first kappa shape index (κ1) is 42.5. The third-order valence-corrected chi connectivity index (χ3v) is 17.6. The van der Waals surface area contributed by atoms with E-state index < -0.39 is 0 Å². The van der Waals surface area contributed by atoms with Crippen LogP contribution in [0, 0.1) is 20.8 Å². The van der Waals surface area contributed by atoms with E-state index in [0.29, 0.717) is 0 Å². The van der Waals surface area contributed by atoms with Gasteiger partial charge in [0.1, 0.15) is 22.3 Å². The normalized spacial score (nSPS) is 15.8. The van der Waals surface area contributed by atoms with Gasteiger partial charge in [0.25, 0.3) is 0 Å². The lowest BCUT2D eigenvalue weighted by atomic mass is 9.72. The van der Waals surface area contributed by atoms with Gasteiger partial charge in [-0.25, -0.2) is 0 Å². The predicted molar refractivity (Wildman–Crippen MR) is 296 cm³/mol. The fourth-order valence-electron chi connectivity index (χ4n) is 14.2. The Morgan fingerprint density at radius 1 is 0.408 bits per heavy atom. The van der Waals surface area contributed by atoms with Gasteiger partial charge in [-0.2, -0.15) is 0 Å². The second-order valence-corrected chi connectivity index (χ2v) is 22.9. The zero-order chi connectivity index (χ0) is 48.5. The summed E-state index contributed by atoms with van der Waals surface area (Å²) in [5.74, 6) is 0.267. The van der Waals surface area contributed by atoms with Crippen LogP contribution in [0.5, 0.6) is 0 Å². The van der Waals surface area contributed by atoms with Crippen molar-refractivity contribution in [3.8, 4) is 44.5 Å². The number of aryl methyl sites for hydroxylation is 3. The Balaban J connectivity index is 0.893. The van der Waals surface area contributed by atoms with Gasteiger partial charge in [0.15, 0.2) is 0 Å². The molecule has 0 fully saturated rings. The molecule has 1 atom stereocenters. The summed E-state index contributed by atoms with van der Waals surface area (Å²) in [5, 5.41) is 4.85. The molecular weight excluding hydrogens is 861 g/mol. The van der Waals surface area contributed by atoms with E-state index in [9.17, 15) is 0 Å². The van der Waals surface area contributed by atoms with Crippen molar-refractivity contribution in [3.63, 3.8) is 0 Å². The molecule has 0 spiro atoms. The minimum Gasteiger partial charge on any atom is -0.455 e. The topological polar surface area (TPSA) is 26.3 Å². The van der Waals surface area contributed by atoms with Crippen molar-refractivity contribution >= 4 is 43.9 Å². The zero-order valence-electron chi connectivity index (χ0n) is 42.3. The van der Waals surface area contributed by atoms with E-state index >= 15 is 0 Å². The monoisotopic (exact) mass is 918 g/mol. The Morgan fingerprint density at radius 2 is 0.930 bits per heavy atom. The van der Waals surface area contributed by atoms with Gasteiger partial charge >= 0.3 is 0 Å². The maximum absolute atomic E-state index is 7.03. The fraction of sp³-hybridized carbons (Fsp3) is 0.217. The number of hydrogen-bond donors (Lipinski definition) is 0. The highest BCUT2D eigenvalue weighted by molar-refractivity contribution is 6.21. The van der Waals surface area contributed by atoms with E-state index in [-0.39, 0.29) is 22.2 Å². The molecular formula is C69H58O2. The largest absolute Gasteiger partial charge is 0.455 e. The molecule has 1 unspecified atom stereocenters. The van der Waals surface area contributed by atoms with Crippen molar-refractivity contribution in [3.05, 3.63) is 224 Å². The molecule has 2 aromatic heterocycles. The molecule has 0 N–H and O–H groups in total. The van der Waals surface area contributed by atoms with Crippen LogP contribution in [-0.4, -0.2) is 0 Å². The molecule has 2 heteroatoms. The summed E-state index contributed by atoms with van der Waals surface area (Å²) in [5.41, 5.74) is 30.1. The van der Waals surface area contributed by atoms with Crippen molar-refractivity contribution in [1.29, 1.82) is 0 Å². The second kappa shape index (κ2) is 14.6. The Bertz CT molecular complexity index is 4080. The third-order valence-electron chi connectivity index (χ3n) is 17.6. The van der Waals surface area contributed by atoms with Crippen molar-refractivity contribution in [2.24, 2.45) is 0 Å². The molecule has 0 amide bonds. The summed E-state index contributed by atoms with van der Waals surface area (Å²) >= 11 is 0. The van der Waals surface area contributed by atoms with E-state index in [4.69, 9.17) is 8.83 Å². The van der Waals surface area contributed by atoms with E-state index in [1.165, 1.54) is 127 Å². The van der Waals surface area contributed by atoms with Gasteiger partial charge in [-0.05, 0) is 152 Å². The highest BCUT2D eigenvalue weighted by atomic mass is 16.3. The number of hydrogen-bond acceptors (Lipinski definition) is 2. The number of fused-ring (bicyclic) bond motifs is 19. The minimum absolute atomic E-state index is 0.175. The van der Waals surface area contributed by atoms with Gasteiger partial charge in [0.2, 0.25) is 0 Å². The number of para-hydroxylation sites is 2. The molecule has 0 saturated carbocycles. The molecule has 0 saturated heterocycles. The van der Waals surface area contributed by atoms with Crippen molar-refractivity contribution in [2.75, 3.05) is 0 Å². The Labute approximate surface area is 417 Å². The van der Waals surface area contributed by atoms with E-state index in [2.05, 4.69) is 220 Å². The van der Waals surface area contributed by atoms with Crippen molar-refractivity contribution in [1.82, 2.24) is 0 Å². The lowest BCUT2D eigenvalue weighted by molar-refractivity contribution is 0.598. The average molecular weight is 919 g/mol. The molecule has 3 aliphatic carbocycles. The Kier molecular flexibility index (Phi) is 8.72. The number of benzene rings is 9. The standard InChI is InChI=1S/C69H58O2/c1-38-25-29-43(30-26-38)50-37-54-58(60-48-20-11-14-23-55(48)70-65(50)60)46-31-27-41(35-52(46)67(54,4)5)33-44(57-39(2)17-16-18-40(57)3)34-42-28-32-47-53(36-42)69(8,9)64-62(47)66-61(49-21-12-15-24-56(49)71-66)59-45-19-10-13-22-51(45)68(6,7)63(59)64/h10-32,35-37,44H,33-34H2,1-9H3. The van der Waals surface area contributed by atoms with Crippen molar-refractivity contribution < 1.29 is 8.83 Å². The number of furan rings is 2. The molecule has 2 heterocycles. The molecule has 11 aromatic rings. The van der Waals surface area contributed by atoms with Crippen LogP contribution in [0.25, 0.3) is 88.4 Å². The van der Waals surface area contributed by atoms with E-state index in [0.717, 1.165) is 40.7 Å². The predicted octanol–water partition coefficient (Wildman–Crippen LogP) is 18.6. The van der Waals surface area contributed by atoms with Crippen LogP contribution in [0.1, 0.15) is 114 Å². The Morgan fingerprint density at radius 3 is 1.59 bits per heavy atom. The van der Waals surface area contributed by atoms with Gasteiger partial charge in [-0.3, -0.25) is 0 Å². The SMILES string of the molecule is Cc1ccc(-c2cc3c(c4c2oc2ccccc24)-c2ccc(CC(Cc4ccc5c(c4)C(C)(C)c4c6c(c7c(oc8ccccc87)c4-5)-c4ccccc4C6(C)C)c4c(C)cccc4C)cc2C3(C)C)cc1. The molecule has 3 aliphatic rings. The molecule has 346 valence electrons. The summed E-state index contributed by atoms with van der Waals surface area (Å²) < 4.78 is 13.8. The van der Waals surface area contributed by atoms with Crippen LogP contribution in [0.4, 0.5) is 0 Å². The van der Waals surface area contributed by atoms with Gasteiger partial charge in [0, 0.05) is 48.9 Å². The summed E-state index contributed by atoms with van der Waals surface area (Å²) in [7, 11) is 0. The first-order chi connectivity index (χ1) is 34.2. The van der Waals surface area contributed by atoms with Crippen molar-refractivity contribution in [2.45, 2.75) is 97.3 Å². The highest BCUT2D eigenvalue weighted by Crippen LogP contribution is 2.63. The van der Waals surface area contributed by atoms with Crippen LogP contribution in [-0.2, 0) is 29.1 Å². The van der Waals surface area contributed by atoms with E-state index in [1.54, 1.807) is 0 Å². The first-order valence-electron chi connectivity index (χ1n) is 25.7. The van der Waals surface area contributed by atoms with Gasteiger partial charge in [-0.15, -0.1) is 0 Å². The average Bonchev–Trinajstić information content (AvgIpc) is 4.12. The lowest BCUT2D eigenvalue weighted by Crippen LogP contribution is -2.24. The lowest BCUT2D eigenvalue weighted by Gasteiger charge is -2.31. The molecule has 0 aliphatic heterocycles. The third kappa shape index (κ3) is 5.77. The molecule has 0 bridgehead atoms. The van der Waals surface area contributed by atoms with E-state index in [1.807, 2.05) is 0 Å². The second-order valence-electron chi connectivity index (χ2n) is 22.9. The molecule has 71 heavy (non-hydrogen) atoms. The van der Waals surface area contributed by atoms with Gasteiger partial charge in [0.05, 0.1) is 0 Å². The molecule has 9 aromatic carbocycles. The van der Waals surface area contributed by atoms with Crippen LogP contribution in [0.2, 0.25) is 0 Å². The van der Waals surface area contributed by atoms with Crippen LogP contribution < -0.4 is 0 Å². The fourth-order valence-corrected chi connectivity index (χ4v) is 14.2. The summed E-state index contributed by atoms with van der Waals surface area (Å²) in [6.07, 6.45) is 1.87. The highest BCUT2D eigenvalue weighted by Gasteiger charge is 2.48. The first-order valence-corrected chi connectivity index (χ1v) is 25.7. The van der Waals surface area contributed by atoms with Gasteiger partial charge < -0.3 is 8.83 Å². The number of rotatable bonds is 6. The molecule has 2 nitrogen and oxygen atoms in total. The zero-order valence-corrected chi connectivity index (χ0v) is 42.3. The van der Waals surface area contributed by atoms with Gasteiger partial charge in [-0.1, -0.05) is 187 Å². The van der Waals surface area contributed by atoms with Crippen LogP contribution in [0.15, 0.2) is 167 Å². The quantitative estimate of drug-likeness (QED) is 0.166. The Hall–Kier alpha value is -7.42. The maximum atomic E-state index is 7.03. The minimum atomic E-state index is -0.253.